The second-order valence-electron chi connectivity index (χ2n) is 7.04. The quantitative estimate of drug-likeness (QED) is 0.681. The van der Waals surface area contributed by atoms with Gasteiger partial charge in [-0.2, -0.15) is 0 Å². The lowest BCUT2D eigenvalue weighted by Gasteiger charge is -2.15. The molecule has 3 aromatic rings. The summed E-state index contributed by atoms with van der Waals surface area (Å²) in [4.78, 5) is 24.2. The van der Waals surface area contributed by atoms with E-state index in [0.717, 1.165) is 24.7 Å². The van der Waals surface area contributed by atoms with Crippen molar-refractivity contribution in [2.45, 2.75) is 26.2 Å². The van der Waals surface area contributed by atoms with Gasteiger partial charge in [-0.25, -0.2) is 18.7 Å². The fourth-order valence-corrected chi connectivity index (χ4v) is 3.50. The fourth-order valence-electron chi connectivity index (χ4n) is 3.50. The number of H-pyrrole nitrogens is 1. The molecule has 0 atom stereocenters. The van der Waals surface area contributed by atoms with Crippen molar-refractivity contribution in [2.75, 3.05) is 6.54 Å². The van der Waals surface area contributed by atoms with Crippen LogP contribution in [0.2, 0.25) is 0 Å². The second-order valence-corrected chi connectivity index (χ2v) is 7.04. The van der Waals surface area contributed by atoms with E-state index in [1.807, 2.05) is 0 Å². The minimum Gasteiger partial charge on any atom is -0.356 e. The molecule has 0 saturated carbocycles. The first-order chi connectivity index (χ1) is 13.9. The number of carbonyl (C=O) groups is 1. The van der Waals surface area contributed by atoms with E-state index in [0.29, 0.717) is 34.8 Å². The van der Waals surface area contributed by atoms with Gasteiger partial charge in [0, 0.05) is 42.9 Å². The number of halogens is 2. The Morgan fingerprint density at radius 2 is 2.03 bits per heavy atom. The largest absolute Gasteiger partial charge is 0.356 e. The van der Waals surface area contributed by atoms with Crippen molar-refractivity contribution in [2.24, 2.45) is 0 Å². The van der Waals surface area contributed by atoms with Gasteiger partial charge in [0.05, 0.1) is 17.0 Å². The number of alkyl halides is 2. The highest BCUT2D eigenvalue weighted by Gasteiger charge is 2.27. The molecule has 5 nitrogen and oxygen atoms in total. The van der Waals surface area contributed by atoms with Gasteiger partial charge < -0.3 is 10.3 Å². The van der Waals surface area contributed by atoms with Crippen molar-refractivity contribution in [1.82, 2.24) is 20.3 Å². The maximum atomic E-state index is 13.9. The van der Waals surface area contributed by atoms with Crippen molar-refractivity contribution >= 4 is 12.0 Å². The van der Waals surface area contributed by atoms with Crippen LogP contribution in [0.4, 0.5) is 8.78 Å². The van der Waals surface area contributed by atoms with Crippen molar-refractivity contribution in [3.63, 3.8) is 0 Å². The lowest BCUT2D eigenvalue weighted by atomic mass is 9.99. The van der Waals surface area contributed by atoms with E-state index in [2.05, 4.69) is 20.3 Å². The van der Waals surface area contributed by atoms with Crippen LogP contribution in [0.5, 0.6) is 0 Å². The number of amides is 1. The maximum Gasteiger partial charge on any atom is 0.271 e. The molecule has 0 radical (unpaired) electrons. The van der Waals surface area contributed by atoms with E-state index < -0.39 is 5.92 Å². The number of hydrogen-bond donors (Lipinski definition) is 2. The van der Waals surface area contributed by atoms with Crippen LogP contribution >= 0.6 is 0 Å². The third-order valence-corrected chi connectivity index (χ3v) is 4.86. The van der Waals surface area contributed by atoms with E-state index in [1.165, 1.54) is 6.07 Å². The Balaban J connectivity index is 1.75. The molecule has 1 amide bonds. The van der Waals surface area contributed by atoms with Gasteiger partial charge in [-0.1, -0.05) is 24.3 Å². The lowest BCUT2D eigenvalue weighted by molar-refractivity contribution is 0.0173. The molecule has 29 heavy (non-hydrogen) atoms. The van der Waals surface area contributed by atoms with Gasteiger partial charge in [0.15, 0.2) is 5.82 Å². The zero-order valence-electron chi connectivity index (χ0n) is 16.1. The van der Waals surface area contributed by atoms with Gasteiger partial charge in [0.2, 0.25) is 0 Å². The Hall–Kier alpha value is -3.35. The normalized spacial score (nSPS) is 14.1. The van der Waals surface area contributed by atoms with Gasteiger partial charge in [-0.15, -0.1) is 0 Å². The molecule has 3 heterocycles. The molecule has 7 heteroatoms. The summed E-state index contributed by atoms with van der Waals surface area (Å²) in [5.74, 6) is -2.62. The van der Waals surface area contributed by atoms with Crippen LogP contribution in [0.1, 0.15) is 41.0 Å². The molecular weight excluding hydrogens is 374 g/mol. The molecule has 1 aliphatic rings. The third-order valence-electron chi connectivity index (χ3n) is 4.86. The Morgan fingerprint density at radius 3 is 2.76 bits per heavy atom. The first kappa shape index (κ1) is 19.0. The van der Waals surface area contributed by atoms with Gasteiger partial charge in [0.25, 0.3) is 11.8 Å². The van der Waals surface area contributed by atoms with Gasteiger partial charge in [-0.3, -0.25) is 4.79 Å². The van der Waals surface area contributed by atoms with E-state index in [4.69, 9.17) is 0 Å². The van der Waals surface area contributed by atoms with Crippen LogP contribution in [0.15, 0.2) is 42.6 Å². The number of nitrogens with zero attached hydrogens (tertiary/aromatic N) is 2. The van der Waals surface area contributed by atoms with Crippen molar-refractivity contribution < 1.29 is 13.6 Å². The summed E-state index contributed by atoms with van der Waals surface area (Å²) in [6, 6.07) is 8.21. The summed E-state index contributed by atoms with van der Waals surface area (Å²) in [5.41, 5.74) is 3.89. The van der Waals surface area contributed by atoms with Crippen LogP contribution in [0, 0.1) is 0 Å². The molecule has 1 aliphatic heterocycles. The zero-order chi connectivity index (χ0) is 20.6. The first-order valence-electron chi connectivity index (χ1n) is 9.35. The predicted molar refractivity (Wildman–Crippen MR) is 108 cm³/mol. The maximum absolute atomic E-state index is 13.9. The second kappa shape index (κ2) is 7.24. The molecule has 2 aromatic heterocycles. The van der Waals surface area contributed by atoms with Gasteiger partial charge in [0.1, 0.15) is 0 Å². The highest BCUT2D eigenvalue weighted by atomic mass is 19.3. The molecule has 0 bridgehead atoms. The smallest absolute Gasteiger partial charge is 0.271 e. The molecule has 0 aliphatic carbocycles. The summed E-state index contributed by atoms with van der Waals surface area (Å²) in [5, 5.41) is 2.82. The molecule has 0 spiro atoms. The Labute approximate surface area is 166 Å². The molecule has 4 rings (SSSR count). The molecule has 0 unspecified atom stereocenters. The topological polar surface area (TPSA) is 70.7 Å². The number of carbonyl (C=O) groups excluding carboxylic acids is 1. The predicted octanol–water partition coefficient (Wildman–Crippen LogP) is 4.57. The third kappa shape index (κ3) is 3.68. The summed E-state index contributed by atoms with van der Waals surface area (Å²) in [6.45, 7) is 3.27. The zero-order valence-corrected chi connectivity index (χ0v) is 16.1. The SMILES string of the molecule is C/C=C/c1cc(-c2nccc(-c3cc4c([nH]3)CCNC4=O)n2)ccc1C(C)(F)F. The Bertz CT molecular complexity index is 1110. The number of fused-ring (bicyclic) bond motifs is 1. The van der Waals surface area contributed by atoms with Crippen LogP contribution in [0.3, 0.4) is 0 Å². The van der Waals surface area contributed by atoms with Gasteiger partial charge in [-0.05, 0) is 30.7 Å². The number of allylic oxidation sites excluding steroid dienone is 1. The summed E-state index contributed by atoms with van der Waals surface area (Å²) < 4.78 is 27.8. The average molecular weight is 394 g/mol. The van der Waals surface area contributed by atoms with Crippen molar-refractivity contribution in [3.05, 3.63) is 65.0 Å². The fraction of sp³-hybridized carbons (Fsp3) is 0.227. The minimum absolute atomic E-state index is 0.0430. The monoisotopic (exact) mass is 394 g/mol. The van der Waals surface area contributed by atoms with Crippen molar-refractivity contribution in [1.29, 1.82) is 0 Å². The first-order valence-corrected chi connectivity index (χ1v) is 9.35. The average Bonchev–Trinajstić information content (AvgIpc) is 3.13. The highest BCUT2D eigenvalue weighted by Crippen LogP contribution is 2.33. The Morgan fingerprint density at radius 1 is 1.21 bits per heavy atom. The molecular formula is C22H20F2N4O. The number of aromatic nitrogens is 3. The number of rotatable bonds is 4. The lowest BCUT2D eigenvalue weighted by Crippen LogP contribution is -2.31. The standard InChI is InChI=1S/C22H20F2N4O/c1-3-4-13-11-14(5-6-16(13)22(2,23)24)20-25-9-8-18(28-20)19-12-15-17(27-19)7-10-26-21(15)29/h3-6,8-9,11-12,27H,7,10H2,1-2H3,(H,26,29)/b4-3+. The van der Waals surface area contributed by atoms with E-state index in [-0.39, 0.29) is 11.5 Å². The molecule has 0 fully saturated rings. The van der Waals surface area contributed by atoms with E-state index in [1.54, 1.807) is 49.5 Å². The van der Waals surface area contributed by atoms with E-state index >= 15 is 0 Å². The molecule has 1 aromatic carbocycles. The van der Waals surface area contributed by atoms with E-state index in [9.17, 15) is 13.6 Å². The van der Waals surface area contributed by atoms with Crippen LogP contribution in [0.25, 0.3) is 28.9 Å². The molecule has 0 saturated heterocycles. The number of benzene rings is 1. The Kier molecular flexibility index (Phi) is 4.74. The van der Waals surface area contributed by atoms with Crippen LogP contribution in [-0.2, 0) is 12.3 Å². The number of nitrogens with one attached hydrogen (secondary N) is 2. The number of aromatic amines is 1. The summed E-state index contributed by atoms with van der Waals surface area (Å²) in [7, 11) is 0. The van der Waals surface area contributed by atoms with Crippen LogP contribution in [-0.4, -0.2) is 27.4 Å². The number of hydrogen-bond acceptors (Lipinski definition) is 3. The molecule has 148 valence electrons. The summed E-state index contributed by atoms with van der Waals surface area (Å²) in [6.07, 6.45) is 5.73. The van der Waals surface area contributed by atoms with Crippen molar-refractivity contribution in [3.8, 4) is 22.8 Å². The van der Waals surface area contributed by atoms with Gasteiger partial charge >= 0.3 is 0 Å². The highest BCUT2D eigenvalue weighted by molar-refractivity contribution is 5.97. The molecule has 2 N–H and O–H groups in total. The van der Waals surface area contributed by atoms with Crippen LogP contribution < -0.4 is 5.32 Å². The minimum atomic E-state index is -2.94. The summed E-state index contributed by atoms with van der Waals surface area (Å²) >= 11 is 0.